The molecular weight excluding hydrogens is 302 g/mol. The lowest BCUT2D eigenvalue weighted by molar-refractivity contribution is 0.0463. The molecule has 6 heteroatoms. The molecule has 3 rings (SSSR count). The molecule has 1 aromatic carbocycles. The van der Waals surface area contributed by atoms with Crippen molar-refractivity contribution in [2.24, 2.45) is 0 Å². The predicted molar refractivity (Wildman–Crippen MR) is 93.4 cm³/mol. The van der Waals surface area contributed by atoms with Gasteiger partial charge in [0.15, 0.2) is 5.82 Å². The minimum Gasteiger partial charge on any atom is -0.497 e. The van der Waals surface area contributed by atoms with Crippen LogP contribution >= 0.6 is 0 Å². The summed E-state index contributed by atoms with van der Waals surface area (Å²) < 4.78 is 7.16. The summed E-state index contributed by atoms with van der Waals surface area (Å²) in [5, 5.41) is 12.8. The first-order valence-electron chi connectivity index (χ1n) is 8.93. The Balaban J connectivity index is 2.04. The van der Waals surface area contributed by atoms with Gasteiger partial charge in [0.05, 0.1) is 18.3 Å². The average molecular weight is 329 g/mol. The van der Waals surface area contributed by atoms with E-state index in [0.29, 0.717) is 0 Å². The highest BCUT2D eigenvalue weighted by molar-refractivity contribution is 5.37. The molecule has 1 aromatic heterocycles. The van der Waals surface area contributed by atoms with Crippen LogP contribution in [0.25, 0.3) is 5.69 Å². The number of nitrogens with zero attached hydrogens (tertiary/aromatic N) is 5. The zero-order valence-electron chi connectivity index (χ0n) is 14.9. The average Bonchev–Trinajstić information content (AvgIpc) is 3.14. The molecule has 0 aliphatic heterocycles. The van der Waals surface area contributed by atoms with Gasteiger partial charge in [-0.25, -0.2) is 0 Å². The Hall–Kier alpha value is -1.95. The van der Waals surface area contributed by atoms with Crippen LogP contribution in [0, 0.1) is 0 Å². The Labute approximate surface area is 143 Å². The molecule has 24 heavy (non-hydrogen) atoms. The molecule has 6 nitrogen and oxygen atoms in total. The fraction of sp³-hybridized carbons (Fsp3) is 0.611. The molecule has 1 saturated carbocycles. The van der Waals surface area contributed by atoms with Crippen molar-refractivity contribution in [2.45, 2.75) is 51.5 Å². The molecule has 0 amide bonds. The lowest BCUT2D eigenvalue weighted by Crippen LogP contribution is -2.49. The van der Waals surface area contributed by atoms with Gasteiger partial charge >= 0.3 is 0 Å². The molecule has 1 aliphatic carbocycles. The van der Waals surface area contributed by atoms with Crippen molar-refractivity contribution in [3.8, 4) is 11.4 Å². The molecule has 0 N–H and O–H groups in total. The van der Waals surface area contributed by atoms with Crippen LogP contribution in [0.3, 0.4) is 0 Å². The topological polar surface area (TPSA) is 56.1 Å². The van der Waals surface area contributed by atoms with Gasteiger partial charge in [0.1, 0.15) is 5.75 Å². The first-order chi connectivity index (χ1) is 11.7. The maximum atomic E-state index is 5.26. The van der Waals surface area contributed by atoms with Gasteiger partial charge in [-0.1, -0.05) is 33.1 Å². The molecule has 1 heterocycles. The molecule has 1 fully saturated rings. The minimum atomic E-state index is -0.0643. The third-order valence-electron chi connectivity index (χ3n) is 5.25. The largest absolute Gasteiger partial charge is 0.497 e. The fourth-order valence-electron chi connectivity index (χ4n) is 4.02. The Kier molecular flexibility index (Phi) is 5.14. The van der Waals surface area contributed by atoms with E-state index in [-0.39, 0.29) is 5.54 Å². The van der Waals surface area contributed by atoms with Gasteiger partial charge in [-0.3, -0.25) is 4.90 Å². The normalized spacial score (nSPS) is 17.2. The summed E-state index contributed by atoms with van der Waals surface area (Å²) in [6.45, 7) is 6.46. The number of methoxy groups -OCH3 is 1. The summed E-state index contributed by atoms with van der Waals surface area (Å²) in [6, 6.07) is 7.92. The molecule has 0 spiro atoms. The van der Waals surface area contributed by atoms with Crippen LogP contribution in [0.2, 0.25) is 0 Å². The number of hydrogen-bond acceptors (Lipinski definition) is 5. The van der Waals surface area contributed by atoms with Crippen LogP contribution in [0.4, 0.5) is 0 Å². The quantitative estimate of drug-likeness (QED) is 0.815. The molecule has 130 valence electrons. The van der Waals surface area contributed by atoms with Gasteiger partial charge in [0.25, 0.3) is 0 Å². The smallest absolute Gasteiger partial charge is 0.176 e. The van der Waals surface area contributed by atoms with Crippen molar-refractivity contribution in [2.75, 3.05) is 20.2 Å². The van der Waals surface area contributed by atoms with Crippen LogP contribution in [0.5, 0.6) is 5.75 Å². The Morgan fingerprint density at radius 1 is 1.08 bits per heavy atom. The molecule has 0 atom stereocenters. The third-order valence-corrected chi connectivity index (χ3v) is 5.25. The monoisotopic (exact) mass is 329 g/mol. The summed E-state index contributed by atoms with van der Waals surface area (Å²) in [5.74, 6) is 1.81. The fourth-order valence-corrected chi connectivity index (χ4v) is 4.02. The number of aromatic nitrogens is 4. The van der Waals surface area contributed by atoms with Crippen molar-refractivity contribution < 1.29 is 4.74 Å². The first kappa shape index (κ1) is 16.9. The number of hydrogen-bond donors (Lipinski definition) is 0. The molecule has 0 unspecified atom stereocenters. The van der Waals surface area contributed by atoms with E-state index in [1.807, 2.05) is 28.9 Å². The molecule has 0 saturated heterocycles. The van der Waals surface area contributed by atoms with Crippen LogP contribution in [0.1, 0.15) is 51.8 Å². The van der Waals surface area contributed by atoms with Gasteiger partial charge in [0, 0.05) is 0 Å². The third kappa shape index (κ3) is 2.90. The summed E-state index contributed by atoms with van der Waals surface area (Å²) in [4.78, 5) is 2.53. The number of rotatable bonds is 6. The van der Waals surface area contributed by atoms with E-state index < -0.39 is 0 Å². The van der Waals surface area contributed by atoms with Crippen LogP contribution in [-0.4, -0.2) is 45.3 Å². The van der Waals surface area contributed by atoms with E-state index in [9.17, 15) is 0 Å². The zero-order chi connectivity index (χ0) is 17.0. The van der Waals surface area contributed by atoms with Gasteiger partial charge < -0.3 is 4.74 Å². The maximum Gasteiger partial charge on any atom is 0.176 e. The molecular formula is C18H27N5O. The van der Waals surface area contributed by atoms with Gasteiger partial charge in [-0.15, -0.1) is 5.10 Å². The standard InChI is InChI=1S/C18H27N5O/c1-4-22(5-2)18(13-7-6-8-14-18)17-19-20-21-23(17)15-9-11-16(24-3)12-10-15/h9-12H,4-8,13-14H2,1-3H3. The van der Waals surface area contributed by atoms with Crippen LogP contribution in [-0.2, 0) is 5.54 Å². The van der Waals surface area contributed by atoms with Gasteiger partial charge in [-0.05, 0) is 60.6 Å². The SMILES string of the molecule is CCN(CC)C1(c2nnnn2-c2ccc(OC)cc2)CCCCC1. The molecule has 0 bridgehead atoms. The Morgan fingerprint density at radius 3 is 2.33 bits per heavy atom. The summed E-state index contributed by atoms with van der Waals surface area (Å²) in [7, 11) is 1.68. The van der Waals surface area contributed by atoms with E-state index in [1.165, 1.54) is 19.3 Å². The molecule has 2 aromatic rings. The number of ether oxygens (including phenoxy) is 1. The van der Waals surface area contributed by atoms with Crippen LogP contribution < -0.4 is 4.74 Å². The van der Waals surface area contributed by atoms with Gasteiger partial charge in [0.2, 0.25) is 0 Å². The zero-order valence-corrected chi connectivity index (χ0v) is 14.9. The molecule has 0 radical (unpaired) electrons. The second-order valence-electron chi connectivity index (χ2n) is 6.38. The van der Waals surface area contributed by atoms with Gasteiger partial charge in [-0.2, -0.15) is 4.68 Å². The van der Waals surface area contributed by atoms with Crippen molar-refractivity contribution in [3.05, 3.63) is 30.1 Å². The lowest BCUT2D eigenvalue weighted by Gasteiger charge is -2.44. The van der Waals surface area contributed by atoms with Crippen molar-refractivity contribution in [1.82, 2.24) is 25.1 Å². The second-order valence-corrected chi connectivity index (χ2v) is 6.38. The lowest BCUT2D eigenvalue weighted by atomic mass is 9.79. The highest BCUT2D eigenvalue weighted by Gasteiger charge is 2.43. The van der Waals surface area contributed by atoms with Crippen molar-refractivity contribution in [1.29, 1.82) is 0 Å². The minimum absolute atomic E-state index is 0.0643. The van der Waals surface area contributed by atoms with E-state index in [2.05, 4.69) is 34.3 Å². The molecule has 1 aliphatic rings. The Bertz CT molecular complexity index is 642. The summed E-state index contributed by atoms with van der Waals surface area (Å²) in [6.07, 6.45) is 5.99. The van der Waals surface area contributed by atoms with Crippen LogP contribution in [0.15, 0.2) is 24.3 Å². The highest BCUT2D eigenvalue weighted by atomic mass is 16.5. The van der Waals surface area contributed by atoms with E-state index in [0.717, 1.165) is 43.2 Å². The number of tetrazole rings is 1. The first-order valence-corrected chi connectivity index (χ1v) is 8.93. The summed E-state index contributed by atoms with van der Waals surface area (Å²) >= 11 is 0. The van der Waals surface area contributed by atoms with Crippen molar-refractivity contribution >= 4 is 0 Å². The highest BCUT2D eigenvalue weighted by Crippen LogP contribution is 2.41. The van der Waals surface area contributed by atoms with E-state index in [1.54, 1.807) is 7.11 Å². The van der Waals surface area contributed by atoms with E-state index in [4.69, 9.17) is 4.74 Å². The predicted octanol–water partition coefficient (Wildman–Crippen LogP) is 3.17. The second kappa shape index (κ2) is 7.30. The maximum absolute atomic E-state index is 5.26. The Morgan fingerprint density at radius 2 is 1.75 bits per heavy atom. The number of benzene rings is 1. The van der Waals surface area contributed by atoms with E-state index >= 15 is 0 Å². The summed E-state index contributed by atoms with van der Waals surface area (Å²) in [5.41, 5.74) is 0.915. The van der Waals surface area contributed by atoms with Crippen molar-refractivity contribution in [3.63, 3.8) is 0 Å².